The molecule has 1 fully saturated rings. The first-order chi connectivity index (χ1) is 16.6. The van der Waals surface area contributed by atoms with E-state index in [1.165, 1.54) is 9.80 Å². The fourth-order valence-corrected chi connectivity index (χ4v) is 4.38. The Morgan fingerprint density at radius 1 is 0.686 bits per heavy atom. The highest BCUT2D eigenvalue weighted by Gasteiger charge is 2.41. The van der Waals surface area contributed by atoms with E-state index in [0.29, 0.717) is 22.7 Å². The number of ether oxygens (including phenoxy) is 1. The van der Waals surface area contributed by atoms with Crippen molar-refractivity contribution in [2.24, 2.45) is 0 Å². The Morgan fingerprint density at radius 2 is 1.17 bits per heavy atom. The van der Waals surface area contributed by atoms with Gasteiger partial charge in [-0.05, 0) is 117 Å². The van der Waals surface area contributed by atoms with Gasteiger partial charge >= 0.3 is 0 Å². The van der Waals surface area contributed by atoms with Gasteiger partial charge in [0.15, 0.2) is 5.11 Å². The molecule has 0 bridgehead atoms. The predicted molar refractivity (Wildman–Crippen MR) is 145 cm³/mol. The average Bonchev–Trinajstić information content (AvgIpc) is 2.82. The fourth-order valence-electron chi connectivity index (χ4n) is 4.01. The van der Waals surface area contributed by atoms with E-state index in [1.807, 2.05) is 89.2 Å². The van der Waals surface area contributed by atoms with Crippen LogP contribution in [0.2, 0.25) is 0 Å². The lowest BCUT2D eigenvalue weighted by molar-refractivity contribution is -0.120. The first-order valence-corrected chi connectivity index (χ1v) is 11.8. The van der Waals surface area contributed by atoms with E-state index in [-0.39, 0.29) is 10.7 Å². The van der Waals surface area contributed by atoms with Crippen LogP contribution in [0.4, 0.5) is 11.4 Å². The van der Waals surface area contributed by atoms with Gasteiger partial charge in [-0.25, -0.2) is 0 Å². The van der Waals surface area contributed by atoms with Crippen LogP contribution < -0.4 is 14.5 Å². The van der Waals surface area contributed by atoms with Crippen molar-refractivity contribution in [1.29, 1.82) is 0 Å². The Balaban J connectivity index is 1.90. The molecule has 178 valence electrons. The summed E-state index contributed by atoms with van der Waals surface area (Å²) in [5, 5.41) is 0.130. The molecule has 5 nitrogen and oxygen atoms in total. The first-order valence-electron chi connectivity index (χ1n) is 11.4. The van der Waals surface area contributed by atoms with Gasteiger partial charge in [0.1, 0.15) is 11.3 Å². The molecular formula is C29H28N2O3S. The highest BCUT2D eigenvalue weighted by atomic mass is 32.1. The van der Waals surface area contributed by atoms with Gasteiger partial charge in [-0.2, -0.15) is 0 Å². The maximum atomic E-state index is 13.8. The Morgan fingerprint density at radius 3 is 1.63 bits per heavy atom. The van der Waals surface area contributed by atoms with Gasteiger partial charge in [-0.15, -0.1) is 0 Å². The van der Waals surface area contributed by atoms with Crippen molar-refractivity contribution in [3.05, 3.63) is 93.6 Å². The normalized spacial score (nSPS) is 14.0. The third kappa shape index (κ3) is 4.49. The van der Waals surface area contributed by atoms with Crippen LogP contribution in [-0.2, 0) is 9.59 Å². The lowest BCUT2D eigenvalue weighted by Crippen LogP contribution is -2.57. The molecule has 0 atom stereocenters. The van der Waals surface area contributed by atoms with Crippen molar-refractivity contribution in [3.63, 3.8) is 0 Å². The van der Waals surface area contributed by atoms with Gasteiger partial charge in [0.05, 0.1) is 18.5 Å². The minimum atomic E-state index is -0.456. The number of rotatable bonds is 4. The number of thiocarbonyl (C=S) groups is 1. The first kappa shape index (κ1) is 24.4. The number of nitrogens with zero attached hydrogens (tertiary/aromatic N) is 2. The quantitative estimate of drug-likeness (QED) is 0.259. The molecule has 1 aliphatic rings. The maximum Gasteiger partial charge on any atom is 0.270 e. The maximum absolute atomic E-state index is 13.8. The molecule has 0 aromatic heterocycles. The Bertz CT molecular complexity index is 1330. The summed E-state index contributed by atoms with van der Waals surface area (Å²) in [5.41, 5.74) is 7.20. The topological polar surface area (TPSA) is 49.9 Å². The summed E-state index contributed by atoms with van der Waals surface area (Å²) in [4.78, 5) is 30.4. The summed E-state index contributed by atoms with van der Waals surface area (Å²) in [6.07, 6.45) is 1.61. The molecule has 1 heterocycles. The summed E-state index contributed by atoms with van der Waals surface area (Å²) < 4.78 is 5.43. The zero-order chi connectivity index (χ0) is 25.4. The number of carbonyl (C=O) groups excluding carboxylic acids is 2. The van der Waals surface area contributed by atoms with Crippen LogP contribution in [0.25, 0.3) is 6.08 Å². The SMILES string of the molecule is COc1cc(C=C2C(=O)N(c3ccc(C)c(C)c3)C(=S)N(c3ccc(C)c(C)c3)C2=O)ccc1C. The van der Waals surface area contributed by atoms with E-state index >= 15 is 0 Å². The van der Waals surface area contributed by atoms with E-state index in [9.17, 15) is 9.59 Å². The van der Waals surface area contributed by atoms with Crippen molar-refractivity contribution >= 4 is 46.6 Å². The largest absolute Gasteiger partial charge is 0.496 e. The molecule has 3 aromatic rings. The molecule has 0 unspecified atom stereocenters. The van der Waals surface area contributed by atoms with Crippen LogP contribution in [0.5, 0.6) is 5.75 Å². The van der Waals surface area contributed by atoms with Crippen LogP contribution in [0, 0.1) is 34.6 Å². The molecule has 6 heteroatoms. The number of amides is 2. The van der Waals surface area contributed by atoms with Gasteiger partial charge < -0.3 is 4.74 Å². The van der Waals surface area contributed by atoms with Crippen LogP contribution in [0.1, 0.15) is 33.4 Å². The number of carbonyl (C=O) groups is 2. The zero-order valence-corrected chi connectivity index (χ0v) is 21.6. The zero-order valence-electron chi connectivity index (χ0n) is 20.8. The van der Waals surface area contributed by atoms with E-state index in [2.05, 4.69) is 0 Å². The number of aryl methyl sites for hydroxylation is 5. The van der Waals surface area contributed by atoms with Gasteiger partial charge in [-0.3, -0.25) is 19.4 Å². The van der Waals surface area contributed by atoms with Gasteiger partial charge in [0.2, 0.25) is 0 Å². The molecule has 0 radical (unpaired) electrons. The molecule has 3 aromatic carbocycles. The summed E-state index contributed by atoms with van der Waals surface area (Å²) in [6.45, 7) is 9.93. The van der Waals surface area contributed by atoms with Crippen molar-refractivity contribution in [1.82, 2.24) is 0 Å². The second-order valence-corrected chi connectivity index (χ2v) is 9.25. The summed E-state index contributed by atoms with van der Waals surface area (Å²) >= 11 is 5.76. The molecule has 0 saturated carbocycles. The molecule has 1 saturated heterocycles. The van der Waals surface area contributed by atoms with Crippen LogP contribution >= 0.6 is 12.2 Å². The Kier molecular flexibility index (Phi) is 6.59. The van der Waals surface area contributed by atoms with Gasteiger partial charge in [-0.1, -0.05) is 24.3 Å². The van der Waals surface area contributed by atoms with E-state index in [0.717, 1.165) is 27.8 Å². The standard InChI is InChI=1S/C29H28N2O3S/c1-17-8-11-23(13-20(17)4)30-27(32)25(15-22-10-7-19(3)26(16-22)34-6)28(33)31(29(30)35)24-12-9-18(2)21(5)14-24/h7-16H,1-6H3. The fraction of sp³-hybridized carbons (Fsp3) is 0.207. The second-order valence-electron chi connectivity index (χ2n) is 8.89. The summed E-state index contributed by atoms with van der Waals surface area (Å²) in [5.74, 6) is -0.228. The molecule has 0 spiro atoms. The van der Waals surface area contributed by atoms with Crippen LogP contribution in [0.15, 0.2) is 60.2 Å². The van der Waals surface area contributed by atoms with Crippen molar-refractivity contribution in [2.75, 3.05) is 16.9 Å². The van der Waals surface area contributed by atoms with E-state index in [4.69, 9.17) is 17.0 Å². The van der Waals surface area contributed by atoms with Crippen LogP contribution in [-0.4, -0.2) is 24.0 Å². The summed E-state index contributed by atoms with van der Waals surface area (Å²) in [7, 11) is 1.59. The molecule has 35 heavy (non-hydrogen) atoms. The third-order valence-corrected chi connectivity index (χ3v) is 6.86. The van der Waals surface area contributed by atoms with E-state index < -0.39 is 11.8 Å². The predicted octanol–water partition coefficient (Wildman–Crippen LogP) is 5.99. The number of benzene rings is 3. The number of hydrogen-bond acceptors (Lipinski definition) is 4. The molecule has 4 rings (SSSR count). The second kappa shape index (κ2) is 9.47. The Labute approximate surface area is 211 Å². The third-order valence-electron chi connectivity index (χ3n) is 6.49. The van der Waals surface area contributed by atoms with Crippen molar-refractivity contribution in [2.45, 2.75) is 34.6 Å². The number of hydrogen-bond donors (Lipinski definition) is 0. The minimum absolute atomic E-state index is 0.0287. The lowest BCUT2D eigenvalue weighted by Gasteiger charge is -2.37. The monoisotopic (exact) mass is 484 g/mol. The molecule has 0 aliphatic carbocycles. The lowest BCUT2D eigenvalue weighted by atomic mass is 10.0. The van der Waals surface area contributed by atoms with Gasteiger partial charge in [0.25, 0.3) is 11.8 Å². The average molecular weight is 485 g/mol. The number of methoxy groups -OCH3 is 1. The smallest absolute Gasteiger partial charge is 0.270 e. The van der Waals surface area contributed by atoms with E-state index in [1.54, 1.807) is 13.2 Å². The minimum Gasteiger partial charge on any atom is -0.496 e. The highest BCUT2D eigenvalue weighted by Crippen LogP contribution is 2.32. The number of anilines is 2. The highest BCUT2D eigenvalue weighted by molar-refractivity contribution is 7.81. The van der Waals surface area contributed by atoms with Crippen molar-refractivity contribution in [3.8, 4) is 5.75 Å². The molecular weight excluding hydrogens is 456 g/mol. The van der Waals surface area contributed by atoms with Gasteiger partial charge in [0, 0.05) is 0 Å². The molecule has 1 aliphatic heterocycles. The van der Waals surface area contributed by atoms with Crippen molar-refractivity contribution < 1.29 is 14.3 Å². The Hall–Kier alpha value is -3.77. The molecule has 2 amide bonds. The van der Waals surface area contributed by atoms with Crippen LogP contribution in [0.3, 0.4) is 0 Å². The molecule has 0 N–H and O–H groups in total. The summed E-state index contributed by atoms with van der Waals surface area (Å²) in [6, 6.07) is 17.0.